The van der Waals surface area contributed by atoms with Crippen LogP contribution in [0.25, 0.3) is 34.1 Å². The van der Waals surface area contributed by atoms with Gasteiger partial charge in [-0.05, 0) is 55.0 Å². The summed E-state index contributed by atoms with van der Waals surface area (Å²) in [6, 6.07) is 20.2. The van der Waals surface area contributed by atoms with Crippen LogP contribution in [-0.2, 0) is 19.8 Å². The zero-order chi connectivity index (χ0) is 27.1. The summed E-state index contributed by atoms with van der Waals surface area (Å²) < 4.78 is 50.0. The molecule has 11 heteroatoms. The summed E-state index contributed by atoms with van der Waals surface area (Å²) in [5.74, 6) is 2.17. The topological polar surface area (TPSA) is 75.6 Å². The maximum absolute atomic E-state index is 13.0. The van der Waals surface area contributed by atoms with Gasteiger partial charge in [-0.25, -0.2) is 14.6 Å². The van der Waals surface area contributed by atoms with Crippen molar-refractivity contribution in [2.45, 2.75) is 19.7 Å². The van der Waals surface area contributed by atoms with Crippen LogP contribution in [0.5, 0.6) is 5.75 Å². The van der Waals surface area contributed by atoms with E-state index in [4.69, 9.17) is 19.8 Å². The zero-order valence-electron chi connectivity index (χ0n) is 21.0. The van der Waals surface area contributed by atoms with E-state index in [-0.39, 0.29) is 6.61 Å². The molecule has 3 heterocycles. The Morgan fingerprint density at radius 1 is 0.897 bits per heavy atom. The Balaban J connectivity index is 1.39. The van der Waals surface area contributed by atoms with Crippen molar-refractivity contribution in [3.63, 3.8) is 0 Å². The molecule has 6 rings (SSSR count). The maximum atomic E-state index is 13.0. The molecule has 0 aliphatic heterocycles. The molecule has 0 aliphatic rings. The molecule has 0 fully saturated rings. The van der Waals surface area contributed by atoms with Crippen molar-refractivity contribution < 1.29 is 17.9 Å². The van der Waals surface area contributed by atoms with Gasteiger partial charge in [0, 0.05) is 13.2 Å². The summed E-state index contributed by atoms with van der Waals surface area (Å²) in [5.41, 5.74) is 3.08. The second kappa shape index (κ2) is 9.43. The molecule has 0 saturated carbocycles. The number of imidazole rings is 1. The fourth-order valence-electron chi connectivity index (χ4n) is 4.31. The van der Waals surface area contributed by atoms with Crippen LogP contribution in [0.4, 0.5) is 13.2 Å². The van der Waals surface area contributed by atoms with Gasteiger partial charge in [0.25, 0.3) is 0 Å². The standard InChI is InChI=1S/C28H22F3N7O/c1-18-7-3-6-10-24(18)39-17-25-34-26(38(35-25)27-33-22-8-4-5-9-23(22)36(27)2)19-15-32-37(16-19)21-13-11-20(12-14-21)28(29,30)31/h3-16H,17H2,1-2H3. The maximum Gasteiger partial charge on any atom is 0.416 e. The number of ether oxygens (including phenoxy) is 1. The minimum Gasteiger partial charge on any atom is -0.485 e. The highest BCUT2D eigenvalue weighted by Crippen LogP contribution is 2.30. The van der Waals surface area contributed by atoms with Crippen molar-refractivity contribution in [2.24, 2.45) is 7.05 Å². The van der Waals surface area contributed by atoms with Gasteiger partial charge in [-0.3, -0.25) is 0 Å². The van der Waals surface area contributed by atoms with E-state index in [1.54, 1.807) is 17.1 Å². The molecule has 0 radical (unpaired) electrons. The largest absolute Gasteiger partial charge is 0.485 e. The highest BCUT2D eigenvalue weighted by atomic mass is 19.4. The van der Waals surface area contributed by atoms with Crippen LogP contribution in [0, 0.1) is 6.92 Å². The molecule has 0 amide bonds. The molecule has 0 bridgehead atoms. The van der Waals surface area contributed by atoms with E-state index in [2.05, 4.69) is 5.10 Å². The van der Waals surface area contributed by atoms with Gasteiger partial charge in [0.1, 0.15) is 12.4 Å². The molecular weight excluding hydrogens is 507 g/mol. The minimum atomic E-state index is -4.41. The summed E-state index contributed by atoms with van der Waals surface area (Å²) in [6.45, 7) is 2.09. The van der Waals surface area contributed by atoms with E-state index >= 15 is 0 Å². The Hall–Kier alpha value is -4.93. The van der Waals surface area contributed by atoms with Crippen LogP contribution in [0.2, 0.25) is 0 Å². The lowest BCUT2D eigenvalue weighted by Crippen LogP contribution is -2.07. The summed E-state index contributed by atoms with van der Waals surface area (Å²) in [6.07, 6.45) is -1.13. The first-order valence-electron chi connectivity index (χ1n) is 12.1. The summed E-state index contributed by atoms with van der Waals surface area (Å²) in [5, 5.41) is 9.08. The number of aryl methyl sites for hydroxylation is 2. The van der Waals surface area contributed by atoms with Crippen LogP contribution in [-0.4, -0.2) is 34.1 Å². The Bertz CT molecular complexity index is 1780. The van der Waals surface area contributed by atoms with Gasteiger partial charge in [-0.1, -0.05) is 30.3 Å². The van der Waals surface area contributed by atoms with Crippen molar-refractivity contribution in [3.05, 3.63) is 102 Å². The number of hydrogen-bond donors (Lipinski definition) is 0. The first kappa shape index (κ1) is 24.4. The monoisotopic (exact) mass is 529 g/mol. The highest BCUT2D eigenvalue weighted by Gasteiger charge is 2.30. The van der Waals surface area contributed by atoms with Crippen LogP contribution in [0.3, 0.4) is 0 Å². The molecule has 0 N–H and O–H groups in total. The summed E-state index contributed by atoms with van der Waals surface area (Å²) >= 11 is 0. The second-order valence-corrected chi connectivity index (χ2v) is 9.00. The fourth-order valence-corrected chi connectivity index (χ4v) is 4.31. The van der Waals surface area contributed by atoms with E-state index in [1.165, 1.54) is 16.8 Å². The molecule has 0 unspecified atom stereocenters. The number of rotatable bonds is 6. The molecule has 6 aromatic rings. The number of aromatic nitrogens is 7. The number of nitrogens with zero attached hydrogens (tertiary/aromatic N) is 7. The van der Waals surface area contributed by atoms with E-state index in [0.717, 1.165) is 34.5 Å². The van der Waals surface area contributed by atoms with Crippen LogP contribution < -0.4 is 4.74 Å². The average Bonchev–Trinajstić information content (AvgIpc) is 3.65. The second-order valence-electron chi connectivity index (χ2n) is 9.00. The van der Waals surface area contributed by atoms with Crippen LogP contribution in [0.1, 0.15) is 17.0 Å². The van der Waals surface area contributed by atoms with E-state index in [1.807, 2.05) is 67.1 Å². The quantitative estimate of drug-likeness (QED) is 0.268. The van der Waals surface area contributed by atoms with Gasteiger partial charge in [0.15, 0.2) is 11.6 Å². The third-order valence-corrected chi connectivity index (χ3v) is 6.35. The fraction of sp³-hybridized carbons (Fsp3) is 0.143. The lowest BCUT2D eigenvalue weighted by molar-refractivity contribution is -0.137. The van der Waals surface area contributed by atoms with Crippen molar-refractivity contribution in [1.29, 1.82) is 0 Å². The Labute approximate surface area is 220 Å². The third kappa shape index (κ3) is 4.63. The van der Waals surface area contributed by atoms with Gasteiger partial charge >= 0.3 is 6.18 Å². The van der Waals surface area contributed by atoms with Crippen molar-refractivity contribution in [1.82, 2.24) is 34.1 Å². The van der Waals surface area contributed by atoms with Crippen molar-refractivity contribution in [2.75, 3.05) is 0 Å². The lowest BCUT2D eigenvalue weighted by atomic mass is 10.2. The number of hydrogen-bond acceptors (Lipinski definition) is 5. The Kier molecular flexibility index (Phi) is 5.90. The van der Waals surface area contributed by atoms with Crippen molar-refractivity contribution in [3.8, 4) is 28.8 Å². The molecule has 0 spiro atoms. The number of halogens is 3. The lowest BCUT2D eigenvalue weighted by Gasteiger charge is -2.07. The predicted octanol–water partition coefficient (Wildman–Crippen LogP) is 5.91. The van der Waals surface area contributed by atoms with Gasteiger partial charge in [0.05, 0.1) is 34.0 Å². The van der Waals surface area contributed by atoms with Gasteiger partial charge in [-0.15, -0.1) is 5.10 Å². The number of alkyl halides is 3. The molecular formula is C28H22F3N7O. The molecule has 39 heavy (non-hydrogen) atoms. The molecule has 3 aromatic carbocycles. The smallest absolute Gasteiger partial charge is 0.416 e. The summed E-state index contributed by atoms with van der Waals surface area (Å²) in [4.78, 5) is 9.50. The number of fused-ring (bicyclic) bond motifs is 1. The van der Waals surface area contributed by atoms with Crippen molar-refractivity contribution >= 4 is 11.0 Å². The average molecular weight is 530 g/mol. The van der Waals surface area contributed by atoms with Gasteiger partial charge in [0.2, 0.25) is 5.95 Å². The number of para-hydroxylation sites is 3. The Morgan fingerprint density at radius 2 is 1.64 bits per heavy atom. The first-order valence-corrected chi connectivity index (χ1v) is 12.1. The molecule has 8 nitrogen and oxygen atoms in total. The SMILES string of the molecule is Cc1ccccc1OCc1nc(-c2cnn(-c3ccc(C(F)(F)F)cc3)c2)n(-c2nc3ccccc3n2C)n1. The Morgan fingerprint density at radius 3 is 2.38 bits per heavy atom. The minimum absolute atomic E-state index is 0.127. The van der Waals surface area contributed by atoms with Gasteiger partial charge < -0.3 is 9.30 Å². The molecule has 0 atom stereocenters. The normalized spacial score (nSPS) is 11.8. The molecule has 196 valence electrons. The molecule has 0 saturated heterocycles. The predicted molar refractivity (Wildman–Crippen MR) is 139 cm³/mol. The van der Waals surface area contributed by atoms with E-state index in [0.29, 0.717) is 28.8 Å². The molecule has 3 aromatic heterocycles. The van der Waals surface area contributed by atoms with Crippen LogP contribution >= 0.6 is 0 Å². The van der Waals surface area contributed by atoms with E-state index < -0.39 is 11.7 Å². The zero-order valence-corrected chi connectivity index (χ0v) is 21.0. The van der Waals surface area contributed by atoms with E-state index in [9.17, 15) is 13.2 Å². The highest BCUT2D eigenvalue weighted by molar-refractivity contribution is 5.77. The van der Waals surface area contributed by atoms with Gasteiger partial charge in [-0.2, -0.15) is 23.0 Å². The number of benzene rings is 3. The molecule has 0 aliphatic carbocycles. The first-order chi connectivity index (χ1) is 18.8. The third-order valence-electron chi connectivity index (χ3n) is 6.35. The van der Waals surface area contributed by atoms with Crippen LogP contribution in [0.15, 0.2) is 85.2 Å². The summed E-state index contributed by atoms with van der Waals surface area (Å²) in [7, 11) is 1.89.